The number of rotatable bonds is 8. The van der Waals surface area contributed by atoms with Crippen molar-refractivity contribution < 1.29 is 19.0 Å². The standard InChI is InChI=1S/C35H30N2O5S/c1-4-41-34(39)31-22(2)36-35-37(32(31)24-16-18-27(40-3)19-17-24)33(38)30(43-35)20-25-11-6-8-15-29(25)42-21-26-13-9-12-23-10-5-7-14-28(23)26/h5-20,32H,4,21H2,1-3H3/b30-20-/t32-/m1/s1. The second kappa shape index (κ2) is 12.1. The Bertz CT molecular complexity index is 2030. The molecule has 0 saturated carbocycles. The minimum absolute atomic E-state index is 0.213. The van der Waals surface area contributed by atoms with Crippen LogP contribution in [-0.4, -0.2) is 24.3 Å². The van der Waals surface area contributed by atoms with Gasteiger partial charge >= 0.3 is 5.97 Å². The summed E-state index contributed by atoms with van der Waals surface area (Å²) in [5.41, 5.74) is 3.21. The average molecular weight is 591 g/mol. The molecular weight excluding hydrogens is 560 g/mol. The van der Waals surface area contributed by atoms with Gasteiger partial charge in [-0.3, -0.25) is 9.36 Å². The number of aromatic nitrogens is 1. The molecule has 8 heteroatoms. The third kappa shape index (κ3) is 5.49. The maximum absolute atomic E-state index is 14.0. The Hall–Kier alpha value is -4.95. The molecule has 5 aromatic rings. The van der Waals surface area contributed by atoms with Crippen LogP contribution in [0.5, 0.6) is 11.5 Å². The number of hydrogen-bond donors (Lipinski definition) is 0. The number of fused-ring (bicyclic) bond motifs is 2. The van der Waals surface area contributed by atoms with E-state index in [1.165, 1.54) is 11.3 Å². The number of carbonyl (C=O) groups is 1. The van der Waals surface area contributed by atoms with Gasteiger partial charge in [-0.1, -0.05) is 84.1 Å². The molecule has 0 fully saturated rings. The van der Waals surface area contributed by atoms with Crippen molar-refractivity contribution >= 4 is 34.2 Å². The van der Waals surface area contributed by atoms with Crippen LogP contribution in [0.2, 0.25) is 0 Å². The van der Waals surface area contributed by atoms with E-state index >= 15 is 0 Å². The number of thiazole rings is 1. The summed E-state index contributed by atoms with van der Waals surface area (Å²) in [7, 11) is 1.59. The molecule has 1 atom stereocenters. The molecule has 0 saturated heterocycles. The first-order valence-corrected chi connectivity index (χ1v) is 14.8. The van der Waals surface area contributed by atoms with Gasteiger partial charge in [0.05, 0.1) is 35.6 Å². The van der Waals surface area contributed by atoms with Gasteiger partial charge in [-0.05, 0) is 60.0 Å². The van der Waals surface area contributed by atoms with Crippen LogP contribution in [0.4, 0.5) is 0 Å². The molecule has 1 aliphatic rings. The second-order valence-corrected chi connectivity index (χ2v) is 11.0. The van der Waals surface area contributed by atoms with Crippen LogP contribution in [0.1, 0.15) is 36.6 Å². The molecule has 0 unspecified atom stereocenters. The summed E-state index contributed by atoms with van der Waals surface area (Å²) in [4.78, 5) is 32.4. The van der Waals surface area contributed by atoms with E-state index in [0.29, 0.717) is 38.7 Å². The highest BCUT2D eigenvalue weighted by Gasteiger charge is 2.33. The Kier molecular flexibility index (Phi) is 7.94. The molecule has 0 bridgehead atoms. The number of benzene rings is 4. The van der Waals surface area contributed by atoms with Crippen molar-refractivity contribution in [3.63, 3.8) is 0 Å². The Labute approximate surface area is 252 Å². The zero-order chi connectivity index (χ0) is 29.9. The Balaban J connectivity index is 1.41. The Morgan fingerprint density at radius 2 is 1.72 bits per heavy atom. The van der Waals surface area contributed by atoms with Gasteiger partial charge in [0.15, 0.2) is 4.80 Å². The summed E-state index contributed by atoms with van der Waals surface area (Å²) in [5, 5.41) is 2.30. The first kappa shape index (κ1) is 28.2. The molecule has 0 N–H and O–H groups in total. The largest absolute Gasteiger partial charge is 0.497 e. The first-order chi connectivity index (χ1) is 21.0. The van der Waals surface area contributed by atoms with E-state index in [4.69, 9.17) is 14.2 Å². The summed E-state index contributed by atoms with van der Waals surface area (Å²) in [6, 6.07) is 28.7. The lowest BCUT2D eigenvalue weighted by Gasteiger charge is -2.24. The molecule has 6 rings (SSSR count). The fourth-order valence-corrected chi connectivity index (χ4v) is 6.38. The number of para-hydroxylation sites is 1. The summed E-state index contributed by atoms with van der Waals surface area (Å²) in [6.07, 6.45) is 1.83. The normalized spacial score (nSPS) is 14.8. The van der Waals surface area contributed by atoms with E-state index in [1.807, 2.05) is 72.8 Å². The molecule has 0 aliphatic carbocycles. The maximum Gasteiger partial charge on any atom is 0.338 e. The molecule has 2 heterocycles. The predicted molar refractivity (Wildman–Crippen MR) is 168 cm³/mol. The lowest BCUT2D eigenvalue weighted by atomic mass is 9.96. The number of esters is 1. The van der Waals surface area contributed by atoms with Gasteiger partial charge in [-0.25, -0.2) is 9.79 Å². The summed E-state index contributed by atoms with van der Waals surface area (Å²) >= 11 is 1.28. The fraction of sp³-hybridized carbons (Fsp3) is 0.171. The quantitative estimate of drug-likeness (QED) is 0.222. The predicted octanol–water partition coefficient (Wildman–Crippen LogP) is 5.54. The molecule has 0 spiro atoms. The fourth-order valence-electron chi connectivity index (χ4n) is 5.34. The molecule has 0 radical (unpaired) electrons. The minimum atomic E-state index is -0.693. The van der Waals surface area contributed by atoms with Crippen LogP contribution in [0, 0.1) is 0 Å². The Morgan fingerprint density at radius 3 is 2.51 bits per heavy atom. The molecule has 0 amide bonds. The van der Waals surface area contributed by atoms with Gasteiger partial charge < -0.3 is 14.2 Å². The van der Waals surface area contributed by atoms with Gasteiger partial charge in [0.1, 0.15) is 18.1 Å². The Morgan fingerprint density at radius 1 is 0.977 bits per heavy atom. The van der Waals surface area contributed by atoms with E-state index in [0.717, 1.165) is 27.5 Å². The number of methoxy groups -OCH3 is 1. The van der Waals surface area contributed by atoms with E-state index in [1.54, 1.807) is 25.5 Å². The van der Waals surface area contributed by atoms with E-state index < -0.39 is 12.0 Å². The number of ether oxygens (including phenoxy) is 3. The van der Waals surface area contributed by atoms with Gasteiger partial charge in [0.2, 0.25) is 0 Å². The topological polar surface area (TPSA) is 79.1 Å². The summed E-state index contributed by atoms with van der Waals surface area (Å²) in [5.74, 6) is 0.844. The lowest BCUT2D eigenvalue weighted by Crippen LogP contribution is -2.39. The third-order valence-corrected chi connectivity index (χ3v) is 8.40. The van der Waals surface area contributed by atoms with Crippen molar-refractivity contribution in [3.8, 4) is 11.5 Å². The highest BCUT2D eigenvalue weighted by Crippen LogP contribution is 2.32. The third-order valence-electron chi connectivity index (χ3n) is 7.42. The molecule has 7 nitrogen and oxygen atoms in total. The lowest BCUT2D eigenvalue weighted by molar-refractivity contribution is -0.139. The highest BCUT2D eigenvalue weighted by atomic mass is 32.1. The van der Waals surface area contributed by atoms with Gasteiger partial charge in [-0.15, -0.1) is 0 Å². The zero-order valence-electron chi connectivity index (χ0n) is 24.1. The zero-order valence-corrected chi connectivity index (χ0v) is 24.9. The minimum Gasteiger partial charge on any atom is -0.497 e. The maximum atomic E-state index is 14.0. The van der Waals surface area contributed by atoms with Crippen LogP contribution >= 0.6 is 11.3 Å². The van der Waals surface area contributed by atoms with Crippen molar-refractivity contribution in [2.75, 3.05) is 13.7 Å². The molecule has 216 valence electrons. The van der Waals surface area contributed by atoms with Gasteiger partial charge in [0.25, 0.3) is 5.56 Å². The van der Waals surface area contributed by atoms with E-state index in [-0.39, 0.29) is 12.2 Å². The molecule has 1 aromatic heterocycles. The number of hydrogen-bond acceptors (Lipinski definition) is 7. The monoisotopic (exact) mass is 590 g/mol. The van der Waals surface area contributed by atoms with Crippen molar-refractivity contribution in [2.45, 2.75) is 26.5 Å². The van der Waals surface area contributed by atoms with Gasteiger partial charge in [-0.2, -0.15) is 0 Å². The van der Waals surface area contributed by atoms with Crippen molar-refractivity contribution in [2.24, 2.45) is 4.99 Å². The number of carbonyl (C=O) groups excluding carboxylic acids is 1. The molecule has 43 heavy (non-hydrogen) atoms. The van der Waals surface area contributed by atoms with Crippen LogP contribution in [-0.2, 0) is 16.1 Å². The van der Waals surface area contributed by atoms with Crippen LogP contribution in [0.15, 0.2) is 112 Å². The van der Waals surface area contributed by atoms with Crippen LogP contribution in [0.3, 0.4) is 0 Å². The van der Waals surface area contributed by atoms with Crippen molar-refractivity contribution in [1.29, 1.82) is 0 Å². The van der Waals surface area contributed by atoms with E-state index in [2.05, 4.69) is 29.3 Å². The molecular formula is C35H30N2O5S. The van der Waals surface area contributed by atoms with Crippen LogP contribution < -0.4 is 24.4 Å². The van der Waals surface area contributed by atoms with Crippen LogP contribution in [0.25, 0.3) is 16.8 Å². The number of nitrogens with zero attached hydrogens (tertiary/aromatic N) is 2. The van der Waals surface area contributed by atoms with E-state index in [9.17, 15) is 9.59 Å². The van der Waals surface area contributed by atoms with Gasteiger partial charge in [0, 0.05) is 5.56 Å². The van der Waals surface area contributed by atoms with Crippen molar-refractivity contribution in [1.82, 2.24) is 4.57 Å². The highest BCUT2D eigenvalue weighted by molar-refractivity contribution is 7.07. The summed E-state index contributed by atoms with van der Waals surface area (Å²) in [6.45, 7) is 4.12. The summed E-state index contributed by atoms with van der Waals surface area (Å²) < 4.78 is 19.1. The first-order valence-electron chi connectivity index (χ1n) is 14.0. The number of allylic oxidation sites excluding steroid dienone is 1. The average Bonchev–Trinajstić information content (AvgIpc) is 3.33. The SMILES string of the molecule is CCOC(=O)C1=C(C)N=c2s/c(=C\c3ccccc3OCc3cccc4ccccc34)c(=O)n2[C@@H]1c1ccc(OC)cc1. The van der Waals surface area contributed by atoms with Crippen molar-refractivity contribution in [3.05, 3.63) is 139 Å². The second-order valence-electron chi connectivity index (χ2n) is 10.0. The smallest absolute Gasteiger partial charge is 0.338 e. The molecule has 4 aromatic carbocycles. The molecule has 1 aliphatic heterocycles.